The quantitative estimate of drug-likeness (QED) is 0.565. The number of ether oxygens (including phenoxy) is 1. The number of sulfonamides is 1. The van der Waals surface area contributed by atoms with Crippen LogP contribution in [0.3, 0.4) is 0 Å². The maximum Gasteiger partial charge on any atom is 0.211 e. The number of hydrogen-bond acceptors (Lipinski definition) is 5. The summed E-state index contributed by atoms with van der Waals surface area (Å²) in [6.45, 7) is 0.933. The molecule has 9 heteroatoms. The van der Waals surface area contributed by atoms with Crippen LogP contribution < -0.4 is 10.0 Å². The van der Waals surface area contributed by atoms with Crippen molar-refractivity contribution in [1.82, 2.24) is 9.62 Å². The minimum atomic E-state index is -3.37. The third-order valence-electron chi connectivity index (χ3n) is 6.74. The summed E-state index contributed by atoms with van der Waals surface area (Å²) in [5.41, 5.74) is 1.16. The van der Waals surface area contributed by atoms with Gasteiger partial charge in [-0.05, 0) is 58.5 Å². The molecule has 1 unspecified atom stereocenters. The Bertz CT molecular complexity index is 1010. The molecule has 4 rings (SSSR count). The van der Waals surface area contributed by atoms with Crippen LogP contribution in [0.25, 0.3) is 0 Å². The van der Waals surface area contributed by atoms with Gasteiger partial charge in [0.15, 0.2) is 0 Å². The highest BCUT2D eigenvalue weighted by Crippen LogP contribution is 2.49. The second-order valence-electron chi connectivity index (χ2n) is 9.48. The summed E-state index contributed by atoms with van der Waals surface area (Å²) in [5, 5.41) is 3.78. The molecule has 0 spiro atoms. The van der Waals surface area contributed by atoms with Gasteiger partial charge in [0.1, 0.15) is 5.82 Å². The molecule has 1 saturated heterocycles. The highest BCUT2D eigenvalue weighted by molar-refractivity contribution is 7.89. The number of benzene rings is 1. The van der Waals surface area contributed by atoms with Gasteiger partial charge in [0, 0.05) is 35.0 Å². The molecule has 0 bridgehead atoms. The second-order valence-corrected chi connectivity index (χ2v) is 11.8. The van der Waals surface area contributed by atoms with Gasteiger partial charge in [0.05, 0.1) is 23.6 Å². The highest BCUT2D eigenvalue weighted by Gasteiger charge is 2.44. The Morgan fingerprint density at radius 2 is 2.09 bits per heavy atom. The van der Waals surface area contributed by atoms with E-state index in [0.717, 1.165) is 24.8 Å². The van der Waals surface area contributed by atoms with E-state index in [4.69, 9.17) is 16.3 Å². The lowest BCUT2D eigenvalue weighted by molar-refractivity contribution is -0.0925. The third kappa shape index (κ3) is 5.98. The second kappa shape index (κ2) is 10.4. The van der Waals surface area contributed by atoms with Crippen molar-refractivity contribution in [3.63, 3.8) is 0 Å². The molecule has 0 aromatic heterocycles. The summed E-state index contributed by atoms with van der Waals surface area (Å²) in [6.07, 6.45) is 10.8. The van der Waals surface area contributed by atoms with Gasteiger partial charge >= 0.3 is 0 Å². The lowest BCUT2D eigenvalue weighted by Crippen LogP contribution is -2.48. The van der Waals surface area contributed by atoms with E-state index in [1.54, 1.807) is 6.07 Å². The molecule has 5 atom stereocenters. The average molecular weight is 498 g/mol. The van der Waals surface area contributed by atoms with Crippen LogP contribution in [0, 0.1) is 17.7 Å². The molecule has 0 amide bonds. The Labute approximate surface area is 201 Å². The van der Waals surface area contributed by atoms with Gasteiger partial charge in [-0.1, -0.05) is 35.9 Å². The van der Waals surface area contributed by atoms with E-state index < -0.39 is 10.0 Å². The summed E-state index contributed by atoms with van der Waals surface area (Å²) in [4.78, 5) is 1.96. The Morgan fingerprint density at radius 3 is 2.82 bits per heavy atom. The van der Waals surface area contributed by atoms with E-state index in [0.29, 0.717) is 23.7 Å². The topological polar surface area (TPSA) is 70.7 Å². The molecule has 1 aliphatic carbocycles. The van der Waals surface area contributed by atoms with Crippen LogP contribution in [0.4, 0.5) is 10.1 Å². The Morgan fingerprint density at radius 1 is 1.27 bits per heavy atom. The number of hydrogen-bond donors (Lipinski definition) is 2. The minimum Gasteiger partial charge on any atom is -0.379 e. The van der Waals surface area contributed by atoms with Gasteiger partial charge in [-0.3, -0.25) is 0 Å². The van der Waals surface area contributed by atoms with Crippen molar-refractivity contribution in [3.8, 4) is 0 Å². The molecule has 33 heavy (non-hydrogen) atoms. The van der Waals surface area contributed by atoms with E-state index in [-0.39, 0.29) is 48.2 Å². The van der Waals surface area contributed by atoms with E-state index in [2.05, 4.69) is 22.2 Å². The van der Waals surface area contributed by atoms with Crippen LogP contribution in [0.1, 0.15) is 37.4 Å². The Kier molecular flexibility index (Phi) is 7.80. The van der Waals surface area contributed by atoms with Gasteiger partial charge in [-0.2, -0.15) is 0 Å². The molecule has 1 aromatic rings. The van der Waals surface area contributed by atoms with Crippen molar-refractivity contribution < 1.29 is 17.5 Å². The number of nitrogens with zero attached hydrogens (tertiary/aromatic N) is 1. The van der Waals surface area contributed by atoms with Crippen LogP contribution >= 0.6 is 11.6 Å². The van der Waals surface area contributed by atoms with Gasteiger partial charge in [0.25, 0.3) is 0 Å². The summed E-state index contributed by atoms with van der Waals surface area (Å²) < 4.78 is 48.8. The molecule has 1 aromatic carbocycles. The fourth-order valence-corrected chi connectivity index (χ4v) is 6.43. The first kappa shape index (κ1) is 24.7. The predicted octanol–water partition coefficient (Wildman–Crippen LogP) is 4.11. The molecular formula is C24H33ClFN3O3S. The Hall–Kier alpha value is -1.45. The predicted molar refractivity (Wildman–Crippen MR) is 131 cm³/mol. The molecule has 0 saturated carbocycles. The summed E-state index contributed by atoms with van der Waals surface area (Å²) in [5.74, 6) is 0.0790. The van der Waals surface area contributed by atoms with Crippen LogP contribution in [0.15, 0.2) is 36.4 Å². The summed E-state index contributed by atoms with van der Waals surface area (Å²) in [6, 6.07) is 3.12. The van der Waals surface area contributed by atoms with Crippen LogP contribution in [-0.2, 0) is 14.8 Å². The van der Waals surface area contributed by atoms with Crippen molar-refractivity contribution in [2.45, 2.75) is 43.9 Å². The maximum atomic E-state index is 14.9. The highest BCUT2D eigenvalue weighted by atomic mass is 35.5. The van der Waals surface area contributed by atoms with Crippen molar-refractivity contribution in [2.75, 3.05) is 38.3 Å². The number of allylic oxidation sites excluding steroid dienone is 3. The average Bonchev–Trinajstić information content (AvgIpc) is 2.77. The molecule has 182 valence electrons. The molecule has 2 heterocycles. The number of fused-ring (bicyclic) bond motifs is 3. The zero-order valence-corrected chi connectivity index (χ0v) is 20.7. The van der Waals surface area contributed by atoms with E-state index in [1.165, 1.54) is 6.07 Å². The molecule has 1 fully saturated rings. The first-order valence-electron chi connectivity index (χ1n) is 11.6. The first-order valence-corrected chi connectivity index (χ1v) is 13.6. The van der Waals surface area contributed by atoms with E-state index in [1.807, 2.05) is 31.1 Å². The zero-order valence-electron chi connectivity index (χ0n) is 19.1. The molecular weight excluding hydrogens is 465 g/mol. The molecule has 6 nitrogen and oxygen atoms in total. The van der Waals surface area contributed by atoms with Crippen LogP contribution in [0.5, 0.6) is 0 Å². The van der Waals surface area contributed by atoms with Crippen LogP contribution in [-0.4, -0.2) is 58.4 Å². The van der Waals surface area contributed by atoms with Gasteiger partial charge in [-0.25, -0.2) is 17.5 Å². The standard InChI is InChI=1S/C24H33ClFN3O3S/c1-29(2)11-6-12-33(30,31)27-15-18-9-10-19-22(16-7-4-3-5-8-16)28-23-20(24(19)32-18)13-17(25)14-21(23)26/h3-5,7,13-14,16,18-19,22,24,27-28H,6,8-12,15H2,1-2H3/t16?,18-,19+,22+,24+/m1/s1. The van der Waals surface area contributed by atoms with Crippen molar-refractivity contribution in [3.05, 3.63) is 52.8 Å². The van der Waals surface area contributed by atoms with Crippen molar-refractivity contribution in [2.24, 2.45) is 11.8 Å². The summed E-state index contributed by atoms with van der Waals surface area (Å²) >= 11 is 6.19. The maximum absolute atomic E-state index is 14.9. The van der Waals surface area contributed by atoms with Gasteiger partial charge in [0.2, 0.25) is 10.0 Å². The normalized spacial score (nSPS) is 28.9. The van der Waals surface area contributed by atoms with E-state index >= 15 is 0 Å². The zero-order chi connectivity index (χ0) is 23.6. The monoisotopic (exact) mass is 497 g/mol. The van der Waals surface area contributed by atoms with Gasteiger partial charge in [-0.15, -0.1) is 0 Å². The lowest BCUT2D eigenvalue weighted by Gasteiger charge is -2.47. The number of anilines is 1. The lowest BCUT2D eigenvalue weighted by atomic mass is 9.73. The third-order valence-corrected chi connectivity index (χ3v) is 8.39. The van der Waals surface area contributed by atoms with Crippen molar-refractivity contribution in [1.29, 1.82) is 0 Å². The summed E-state index contributed by atoms with van der Waals surface area (Å²) in [7, 11) is 0.469. The van der Waals surface area contributed by atoms with E-state index in [9.17, 15) is 12.8 Å². The van der Waals surface area contributed by atoms with Gasteiger partial charge < -0.3 is 15.0 Å². The number of halogens is 2. The molecule has 2 N–H and O–H groups in total. The molecule has 2 aliphatic heterocycles. The molecule has 0 radical (unpaired) electrons. The number of rotatable bonds is 8. The smallest absolute Gasteiger partial charge is 0.211 e. The first-order chi connectivity index (χ1) is 15.7. The number of nitrogens with one attached hydrogen (secondary N) is 2. The minimum absolute atomic E-state index is 0.0306. The molecule has 3 aliphatic rings. The fraction of sp³-hybridized carbons (Fsp3) is 0.583. The SMILES string of the molecule is CN(C)CCCS(=O)(=O)NC[C@H]1CC[C@@H]2[C@H](O1)c1cc(Cl)cc(F)c1N[C@H]2C1C=CC=CC1. The largest absolute Gasteiger partial charge is 0.379 e. The van der Waals surface area contributed by atoms with Crippen LogP contribution in [0.2, 0.25) is 5.02 Å². The Balaban J connectivity index is 1.49. The fourth-order valence-electron chi connectivity index (χ4n) is 5.13. The van der Waals surface area contributed by atoms with Crippen molar-refractivity contribution >= 4 is 27.3 Å².